The number of piperazine rings is 1. The van der Waals surface area contributed by atoms with Gasteiger partial charge in [0.1, 0.15) is 11.8 Å². The van der Waals surface area contributed by atoms with Crippen LogP contribution >= 0.6 is 0 Å². The van der Waals surface area contributed by atoms with Gasteiger partial charge in [-0.25, -0.2) is 0 Å². The van der Waals surface area contributed by atoms with Crippen LogP contribution in [0.3, 0.4) is 0 Å². The second kappa shape index (κ2) is 7.28. The molecule has 2 fully saturated rings. The fourth-order valence-corrected chi connectivity index (χ4v) is 4.38. The number of ketones is 2. The van der Waals surface area contributed by atoms with Crippen molar-refractivity contribution in [2.75, 3.05) is 13.2 Å². The Labute approximate surface area is 177 Å². The van der Waals surface area contributed by atoms with Gasteiger partial charge in [-0.1, -0.05) is 24.3 Å². The average molecular weight is 420 g/mol. The van der Waals surface area contributed by atoms with Gasteiger partial charge in [-0.2, -0.15) is 0 Å². The predicted molar refractivity (Wildman–Crippen MR) is 108 cm³/mol. The van der Waals surface area contributed by atoms with E-state index in [2.05, 4.69) is 10.3 Å². The molecule has 2 saturated heterocycles. The van der Waals surface area contributed by atoms with Gasteiger partial charge in [0, 0.05) is 17.8 Å². The van der Waals surface area contributed by atoms with Crippen LogP contribution in [0.4, 0.5) is 0 Å². The standard InChI is InChI=1S/C22H20N4O5/c1-12-11-31-17-10-25-9-15(19(27)20(28)18(25)22(30)26(12)17)21(29)24-8-16-14-5-3-2-4-13(14)6-7-23-16/h2-7,9,12,17-18H,8,10-11H2,1H3,(H,24,29)/t12-,17+,18?/m0/s1. The van der Waals surface area contributed by atoms with Crippen LogP contribution < -0.4 is 5.32 Å². The summed E-state index contributed by atoms with van der Waals surface area (Å²) in [5.41, 5.74) is 0.366. The molecule has 31 heavy (non-hydrogen) atoms. The van der Waals surface area contributed by atoms with E-state index in [1.54, 1.807) is 6.20 Å². The lowest BCUT2D eigenvalue weighted by Gasteiger charge is -2.43. The van der Waals surface area contributed by atoms with E-state index in [0.29, 0.717) is 12.3 Å². The zero-order chi connectivity index (χ0) is 21.7. The smallest absolute Gasteiger partial charge is 0.257 e. The number of carbonyl (C=O) groups excluding carboxylic acids is 4. The molecule has 9 nitrogen and oxygen atoms in total. The average Bonchev–Trinajstić information content (AvgIpc) is 3.15. The van der Waals surface area contributed by atoms with E-state index >= 15 is 0 Å². The number of aromatic nitrogens is 1. The Morgan fingerprint density at radius 1 is 1.23 bits per heavy atom. The SMILES string of the molecule is C[C@H]1CO[C@@H]2CN3C=C(C(=O)NCc4nccc5ccccc45)C(=O)C(=O)C3C(=O)N12. The molecule has 0 spiro atoms. The molecule has 9 heteroatoms. The van der Waals surface area contributed by atoms with Crippen molar-refractivity contribution in [3.05, 3.63) is 54.0 Å². The third-order valence-electron chi connectivity index (χ3n) is 5.93. The largest absolute Gasteiger partial charge is 0.354 e. The molecule has 158 valence electrons. The summed E-state index contributed by atoms with van der Waals surface area (Å²) in [5.74, 6) is -2.99. The monoisotopic (exact) mass is 420 g/mol. The molecule has 2 aromatic rings. The molecule has 4 heterocycles. The molecule has 2 amide bonds. The summed E-state index contributed by atoms with van der Waals surface area (Å²) in [6.45, 7) is 2.52. The van der Waals surface area contributed by atoms with E-state index in [1.165, 1.54) is 16.0 Å². The highest BCUT2D eigenvalue weighted by Gasteiger charge is 2.52. The highest BCUT2D eigenvalue weighted by molar-refractivity contribution is 6.53. The van der Waals surface area contributed by atoms with Crippen molar-refractivity contribution < 1.29 is 23.9 Å². The maximum absolute atomic E-state index is 12.8. The summed E-state index contributed by atoms with van der Waals surface area (Å²) in [5, 5.41) is 4.55. The first-order chi connectivity index (χ1) is 15.0. The van der Waals surface area contributed by atoms with Crippen molar-refractivity contribution in [2.24, 2.45) is 0 Å². The van der Waals surface area contributed by atoms with Crippen molar-refractivity contribution in [1.82, 2.24) is 20.1 Å². The van der Waals surface area contributed by atoms with Crippen LogP contribution in [0.15, 0.2) is 48.3 Å². The molecular weight excluding hydrogens is 400 g/mol. The van der Waals surface area contributed by atoms with Crippen LogP contribution in [-0.4, -0.2) is 69.6 Å². The number of nitrogens with zero attached hydrogens (tertiary/aromatic N) is 3. The topological polar surface area (TPSA) is 109 Å². The van der Waals surface area contributed by atoms with Gasteiger partial charge in [0.05, 0.1) is 31.4 Å². The molecular formula is C22H20N4O5. The van der Waals surface area contributed by atoms with Crippen LogP contribution in [0.1, 0.15) is 12.6 Å². The Morgan fingerprint density at radius 3 is 2.87 bits per heavy atom. The zero-order valence-corrected chi connectivity index (χ0v) is 16.8. The fraction of sp³-hybridized carbons (Fsp3) is 0.318. The fourth-order valence-electron chi connectivity index (χ4n) is 4.38. The van der Waals surface area contributed by atoms with Crippen LogP contribution in [0.25, 0.3) is 10.8 Å². The van der Waals surface area contributed by atoms with Gasteiger partial charge in [0.15, 0.2) is 6.04 Å². The number of benzene rings is 1. The first-order valence-electron chi connectivity index (χ1n) is 10.1. The Morgan fingerprint density at radius 2 is 2.03 bits per heavy atom. The number of rotatable bonds is 3. The maximum Gasteiger partial charge on any atom is 0.257 e. The van der Waals surface area contributed by atoms with Crippen molar-refractivity contribution in [3.8, 4) is 0 Å². The van der Waals surface area contributed by atoms with E-state index in [4.69, 9.17) is 4.74 Å². The lowest BCUT2D eigenvalue weighted by Crippen LogP contribution is -2.65. The second-order valence-electron chi connectivity index (χ2n) is 7.88. The van der Waals surface area contributed by atoms with Crippen molar-refractivity contribution in [2.45, 2.75) is 31.8 Å². The van der Waals surface area contributed by atoms with Crippen molar-refractivity contribution >= 4 is 34.2 Å². The van der Waals surface area contributed by atoms with Gasteiger partial charge in [-0.05, 0) is 18.4 Å². The minimum absolute atomic E-state index is 0.0956. The van der Waals surface area contributed by atoms with E-state index < -0.39 is 35.7 Å². The minimum Gasteiger partial charge on any atom is -0.354 e. The molecule has 1 aromatic carbocycles. The molecule has 1 aromatic heterocycles. The Balaban J connectivity index is 1.37. The van der Waals surface area contributed by atoms with Crippen molar-refractivity contribution in [1.29, 1.82) is 0 Å². The Hall–Kier alpha value is -3.59. The summed E-state index contributed by atoms with van der Waals surface area (Å²) in [7, 11) is 0. The molecule has 1 unspecified atom stereocenters. The Bertz CT molecular complexity index is 1150. The summed E-state index contributed by atoms with van der Waals surface area (Å²) in [6, 6.07) is 8.11. The zero-order valence-electron chi connectivity index (χ0n) is 16.8. The number of ether oxygens (including phenoxy) is 1. The predicted octanol–water partition coefficient (Wildman–Crippen LogP) is 0.144. The van der Waals surface area contributed by atoms with E-state index in [9.17, 15) is 19.2 Å². The summed E-state index contributed by atoms with van der Waals surface area (Å²) < 4.78 is 5.62. The Kier molecular flexibility index (Phi) is 4.55. The maximum atomic E-state index is 12.8. The summed E-state index contributed by atoms with van der Waals surface area (Å²) >= 11 is 0. The molecule has 3 atom stereocenters. The number of fused-ring (bicyclic) bond motifs is 3. The van der Waals surface area contributed by atoms with E-state index in [1.807, 2.05) is 37.3 Å². The van der Waals surface area contributed by atoms with Gasteiger partial charge in [0.2, 0.25) is 11.6 Å². The third-order valence-corrected chi connectivity index (χ3v) is 5.93. The molecule has 0 bridgehead atoms. The highest BCUT2D eigenvalue weighted by atomic mass is 16.5. The molecule has 3 aliphatic rings. The summed E-state index contributed by atoms with van der Waals surface area (Å²) in [4.78, 5) is 58.2. The summed E-state index contributed by atoms with van der Waals surface area (Å²) in [6.07, 6.45) is 2.46. The van der Waals surface area contributed by atoms with Crippen LogP contribution in [-0.2, 0) is 30.5 Å². The highest BCUT2D eigenvalue weighted by Crippen LogP contribution is 2.29. The first-order valence-corrected chi connectivity index (χ1v) is 10.1. The van der Waals surface area contributed by atoms with Crippen molar-refractivity contribution in [3.63, 3.8) is 0 Å². The van der Waals surface area contributed by atoms with Gasteiger partial charge >= 0.3 is 0 Å². The quantitative estimate of drug-likeness (QED) is 0.428. The second-order valence-corrected chi connectivity index (χ2v) is 7.88. The number of amides is 2. The van der Waals surface area contributed by atoms with Crippen LogP contribution in [0.5, 0.6) is 0 Å². The number of Topliss-reactive ketones (excluding diaryl/α,β-unsaturated/α-hetero) is 2. The molecule has 0 saturated carbocycles. The number of hydrogen-bond donors (Lipinski definition) is 1. The number of hydrogen-bond acceptors (Lipinski definition) is 7. The lowest BCUT2D eigenvalue weighted by molar-refractivity contribution is -0.159. The van der Waals surface area contributed by atoms with Crippen LogP contribution in [0.2, 0.25) is 0 Å². The van der Waals surface area contributed by atoms with E-state index in [-0.39, 0.29) is 24.7 Å². The van der Waals surface area contributed by atoms with Crippen LogP contribution in [0, 0.1) is 0 Å². The number of nitrogens with one attached hydrogen (secondary N) is 1. The number of pyridine rings is 1. The van der Waals surface area contributed by atoms with Gasteiger partial charge in [0.25, 0.3) is 11.8 Å². The lowest BCUT2D eigenvalue weighted by atomic mass is 9.93. The van der Waals surface area contributed by atoms with E-state index in [0.717, 1.165) is 10.8 Å². The first kappa shape index (κ1) is 19.4. The molecule has 1 N–H and O–H groups in total. The molecule has 0 aliphatic carbocycles. The molecule has 3 aliphatic heterocycles. The van der Waals surface area contributed by atoms with Gasteiger partial charge < -0.3 is 19.9 Å². The third kappa shape index (κ3) is 3.09. The van der Waals surface area contributed by atoms with Gasteiger partial charge in [-0.3, -0.25) is 24.2 Å². The molecule has 5 rings (SSSR count). The molecule has 0 radical (unpaired) electrons. The number of carbonyl (C=O) groups is 4. The minimum atomic E-state index is -1.23. The normalized spacial score (nSPS) is 25.4. The van der Waals surface area contributed by atoms with Gasteiger partial charge in [-0.15, -0.1) is 0 Å².